The minimum atomic E-state index is -0.387. The molecule has 0 atom stereocenters. The first-order chi connectivity index (χ1) is 10.1. The van der Waals surface area contributed by atoms with E-state index in [0.29, 0.717) is 0 Å². The summed E-state index contributed by atoms with van der Waals surface area (Å²) in [4.78, 5) is 11.9. The molecule has 21 heavy (non-hydrogen) atoms. The van der Waals surface area contributed by atoms with Crippen LogP contribution in [0.5, 0.6) is 0 Å². The Kier molecular flexibility index (Phi) is 3.62. The van der Waals surface area contributed by atoms with Crippen LogP contribution in [0.25, 0.3) is 11.1 Å². The molecule has 108 valence electrons. The first kappa shape index (κ1) is 14.3. The summed E-state index contributed by atoms with van der Waals surface area (Å²) >= 11 is 3.49. The van der Waals surface area contributed by atoms with Gasteiger partial charge in [-0.3, -0.25) is 4.79 Å². The number of methoxy groups -OCH3 is 1. The first-order valence-electron chi connectivity index (χ1n) is 7.02. The third-order valence-electron chi connectivity index (χ3n) is 4.26. The van der Waals surface area contributed by atoms with E-state index in [1.807, 2.05) is 6.07 Å². The minimum Gasteiger partial charge on any atom is -0.468 e. The van der Waals surface area contributed by atoms with Crippen molar-refractivity contribution in [1.29, 1.82) is 0 Å². The summed E-state index contributed by atoms with van der Waals surface area (Å²) < 4.78 is 6.02. The van der Waals surface area contributed by atoms with Crippen molar-refractivity contribution in [2.24, 2.45) is 0 Å². The highest BCUT2D eigenvalue weighted by Gasteiger charge is 2.52. The van der Waals surface area contributed by atoms with Gasteiger partial charge in [-0.05, 0) is 54.2 Å². The van der Waals surface area contributed by atoms with E-state index in [0.717, 1.165) is 22.9 Å². The van der Waals surface area contributed by atoms with E-state index in [-0.39, 0.29) is 11.4 Å². The lowest BCUT2D eigenvalue weighted by Crippen LogP contribution is -2.21. The maximum absolute atomic E-state index is 11.9. The maximum atomic E-state index is 11.9. The van der Waals surface area contributed by atoms with Crippen molar-refractivity contribution in [2.45, 2.75) is 25.2 Å². The molecule has 2 nitrogen and oxygen atoms in total. The lowest BCUT2D eigenvalue weighted by molar-refractivity contribution is -0.143. The number of hydrogen-bond acceptors (Lipinski definition) is 2. The molecule has 2 aromatic carbocycles. The van der Waals surface area contributed by atoms with Crippen molar-refractivity contribution in [1.82, 2.24) is 0 Å². The highest BCUT2D eigenvalue weighted by atomic mass is 79.9. The SMILES string of the molecule is COC(=O)C1(c2ccc(-c3ccc(Br)cc3C)cc2)CC1. The minimum absolute atomic E-state index is 0.116. The van der Waals surface area contributed by atoms with Crippen LogP contribution in [0.4, 0.5) is 0 Å². The second-order valence-electron chi connectivity index (χ2n) is 5.61. The summed E-state index contributed by atoms with van der Waals surface area (Å²) in [5, 5.41) is 0. The van der Waals surface area contributed by atoms with Gasteiger partial charge in [-0.2, -0.15) is 0 Å². The number of carbonyl (C=O) groups is 1. The third kappa shape index (κ3) is 2.51. The van der Waals surface area contributed by atoms with Gasteiger partial charge in [0, 0.05) is 4.47 Å². The van der Waals surface area contributed by atoms with Gasteiger partial charge in [0.15, 0.2) is 0 Å². The van der Waals surface area contributed by atoms with Crippen LogP contribution in [0, 0.1) is 6.92 Å². The van der Waals surface area contributed by atoms with E-state index in [1.165, 1.54) is 23.8 Å². The largest absolute Gasteiger partial charge is 0.468 e. The number of benzene rings is 2. The molecule has 0 saturated heterocycles. The number of rotatable bonds is 3. The second-order valence-corrected chi connectivity index (χ2v) is 6.53. The molecule has 0 spiro atoms. The molecule has 1 fully saturated rings. The quantitative estimate of drug-likeness (QED) is 0.758. The predicted molar refractivity (Wildman–Crippen MR) is 87.2 cm³/mol. The molecule has 1 saturated carbocycles. The summed E-state index contributed by atoms with van der Waals surface area (Å²) in [5.74, 6) is -0.116. The van der Waals surface area contributed by atoms with Crippen LogP contribution in [0.1, 0.15) is 24.0 Å². The number of hydrogen-bond donors (Lipinski definition) is 0. The molecule has 0 aromatic heterocycles. The standard InChI is InChI=1S/C18H17BrO2/c1-12-11-15(19)7-8-16(12)13-3-5-14(6-4-13)18(9-10-18)17(20)21-2/h3-8,11H,9-10H2,1-2H3. The Morgan fingerprint density at radius 3 is 2.33 bits per heavy atom. The van der Waals surface area contributed by atoms with Crippen molar-refractivity contribution in [3.63, 3.8) is 0 Å². The average Bonchev–Trinajstić information content (AvgIpc) is 3.28. The molecular weight excluding hydrogens is 328 g/mol. The Morgan fingerprint density at radius 2 is 1.81 bits per heavy atom. The molecule has 1 aliphatic carbocycles. The highest BCUT2D eigenvalue weighted by Crippen LogP contribution is 2.49. The fourth-order valence-corrected chi connectivity index (χ4v) is 3.33. The third-order valence-corrected chi connectivity index (χ3v) is 4.76. The molecular formula is C18H17BrO2. The lowest BCUT2D eigenvalue weighted by atomic mass is 9.93. The molecule has 3 heteroatoms. The number of esters is 1. The zero-order chi connectivity index (χ0) is 15.0. The van der Waals surface area contributed by atoms with Gasteiger partial charge in [0.25, 0.3) is 0 Å². The smallest absolute Gasteiger partial charge is 0.316 e. The van der Waals surface area contributed by atoms with Gasteiger partial charge in [-0.25, -0.2) is 0 Å². The van der Waals surface area contributed by atoms with Gasteiger partial charge in [0.1, 0.15) is 0 Å². The Bertz CT molecular complexity index is 685. The van der Waals surface area contributed by atoms with Gasteiger partial charge < -0.3 is 4.74 Å². The average molecular weight is 345 g/mol. The first-order valence-corrected chi connectivity index (χ1v) is 7.81. The van der Waals surface area contributed by atoms with Crippen molar-refractivity contribution < 1.29 is 9.53 Å². The molecule has 0 unspecified atom stereocenters. The van der Waals surface area contributed by atoms with Crippen molar-refractivity contribution in [2.75, 3.05) is 7.11 Å². The van der Waals surface area contributed by atoms with Gasteiger partial charge >= 0.3 is 5.97 Å². The molecule has 3 rings (SSSR count). The van der Waals surface area contributed by atoms with Crippen LogP contribution >= 0.6 is 15.9 Å². The summed E-state index contributed by atoms with van der Waals surface area (Å²) in [6, 6.07) is 14.6. The van der Waals surface area contributed by atoms with E-state index in [4.69, 9.17) is 4.74 Å². The van der Waals surface area contributed by atoms with Gasteiger partial charge in [0.05, 0.1) is 12.5 Å². The monoisotopic (exact) mass is 344 g/mol. The number of aryl methyl sites for hydroxylation is 1. The summed E-state index contributed by atoms with van der Waals surface area (Å²) in [6.07, 6.45) is 1.77. The molecule has 0 heterocycles. The fraction of sp³-hybridized carbons (Fsp3) is 0.278. The molecule has 0 radical (unpaired) electrons. The van der Waals surface area contributed by atoms with Crippen LogP contribution < -0.4 is 0 Å². The molecule has 0 N–H and O–H groups in total. The Labute approximate surface area is 133 Å². The topological polar surface area (TPSA) is 26.3 Å². The summed E-state index contributed by atoms with van der Waals surface area (Å²) in [7, 11) is 1.46. The van der Waals surface area contributed by atoms with Crippen molar-refractivity contribution >= 4 is 21.9 Å². The summed E-state index contributed by atoms with van der Waals surface area (Å²) in [5.41, 5.74) is 4.29. The van der Waals surface area contributed by atoms with Gasteiger partial charge in [0.2, 0.25) is 0 Å². The number of ether oxygens (including phenoxy) is 1. The Balaban J connectivity index is 1.93. The van der Waals surface area contributed by atoms with Crippen LogP contribution in [0.15, 0.2) is 46.9 Å². The van der Waals surface area contributed by atoms with Crippen LogP contribution in [-0.4, -0.2) is 13.1 Å². The lowest BCUT2D eigenvalue weighted by Gasteiger charge is -2.14. The van der Waals surface area contributed by atoms with Crippen LogP contribution in [0.2, 0.25) is 0 Å². The number of halogens is 1. The maximum Gasteiger partial charge on any atom is 0.316 e. The zero-order valence-electron chi connectivity index (χ0n) is 12.2. The van der Waals surface area contributed by atoms with Crippen molar-refractivity contribution in [3.8, 4) is 11.1 Å². The molecule has 0 bridgehead atoms. The fourth-order valence-electron chi connectivity index (χ4n) is 2.85. The zero-order valence-corrected chi connectivity index (χ0v) is 13.7. The molecule has 1 aliphatic rings. The van der Waals surface area contributed by atoms with Crippen LogP contribution in [-0.2, 0) is 14.9 Å². The highest BCUT2D eigenvalue weighted by molar-refractivity contribution is 9.10. The van der Waals surface area contributed by atoms with E-state index >= 15 is 0 Å². The normalized spacial score (nSPS) is 15.6. The summed E-state index contributed by atoms with van der Waals surface area (Å²) in [6.45, 7) is 2.10. The Hall–Kier alpha value is -1.61. The molecule has 2 aromatic rings. The van der Waals surface area contributed by atoms with E-state index in [1.54, 1.807) is 0 Å². The van der Waals surface area contributed by atoms with E-state index in [9.17, 15) is 4.79 Å². The van der Waals surface area contributed by atoms with Gasteiger partial charge in [-0.15, -0.1) is 0 Å². The predicted octanol–water partition coefficient (Wildman–Crippen LogP) is 4.63. The van der Waals surface area contributed by atoms with E-state index < -0.39 is 0 Å². The van der Waals surface area contributed by atoms with Crippen molar-refractivity contribution in [3.05, 3.63) is 58.1 Å². The van der Waals surface area contributed by atoms with Gasteiger partial charge in [-0.1, -0.05) is 46.3 Å². The number of carbonyl (C=O) groups excluding carboxylic acids is 1. The van der Waals surface area contributed by atoms with Crippen LogP contribution in [0.3, 0.4) is 0 Å². The second kappa shape index (κ2) is 5.30. The molecule has 0 aliphatic heterocycles. The van der Waals surface area contributed by atoms with E-state index in [2.05, 4.69) is 59.3 Å². The molecule has 0 amide bonds. The Morgan fingerprint density at radius 1 is 1.14 bits per heavy atom.